The first kappa shape index (κ1) is 23.3. The highest BCUT2D eigenvalue weighted by atomic mass is 35.5. The van der Waals surface area contributed by atoms with Crippen LogP contribution >= 0.6 is 22.9 Å². The van der Waals surface area contributed by atoms with E-state index in [0.29, 0.717) is 32.7 Å². The average Bonchev–Trinajstić information content (AvgIpc) is 3.20. The highest BCUT2D eigenvalue weighted by Crippen LogP contribution is 2.35. The zero-order valence-electron chi connectivity index (χ0n) is 18.0. The SMILES string of the molecule is COc1ccc(OCC(=O)N/N=C\c2cccc(OC(=O)c3sc4ccccc4c3Cl)c2)cc1. The first-order valence-electron chi connectivity index (χ1n) is 10.1. The number of carbonyl (C=O) groups excluding carboxylic acids is 2. The van der Waals surface area contributed by atoms with Crippen LogP contribution < -0.4 is 19.6 Å². The van der Waals surface area contributed by atoms with Crippen LogP contribution in [0, 0.1) is 0 Å². The first-order chi connectivity index (χ1) is 16.5. The summed E-state index contributed by atoms with van der Waals surface area (Å²) < 4.78 is 16.9. The molecule has 0 atom stereocenters. The van der Waals surface area contributed by atoms with E-state index in [2.05, 4.69) is 10.5 Å². The predicted octanol–water partition coefficient (Wildman–Crippen LogP) is 5.31. The van der Waals surface area contributed by atoms with E-state index in [9.17, 15) is 9.59 Å². The van der Waals surface area contributed by atoms with Gasteiger partial charge in [0.25, 0.3) is 5.91 Å². The lowest BCUT2D eigenvalue weighted by atomic mass is 10.2. The zero-order chi connectivity index (χ0) is 23.9. The number of hydrazone groups is 1. The van der Waals surface area contributed by atoms with Crippen LogP contribution in [0.2, 0.25) is 5.02 Å². The molecule has 4 rings (SSSR count). The largest absolute Gasteiger partial charge is 0.497 e. The van der Waals surface area contributed by atoms with Crippen LogP contribution in [0.15, 0.2) is 77.9 Å². The molecule has 0 aliphatic carbocycles. The molecule has 172 valence electrons. The van der Waals surface area contributed by atoms with Crippen molar-refractivity contribution >= 4 is 51.1 Å². The number of thiophene rings is 1. The molecule has 1 N–H and O–H groups in total. The molecular formula is C25H19ClN2O5S. The van der Waals surface area contributed by atoms with Crippen LogP contribution in [0.4, 0.5) is 0 Å². The minimum absolute atomic E-state index is 0.197. The Hall–Kier alpha value is -3.88. The molecule has 9 heteroatoms. The van der Waals surface area contributed by atoms with Crippen LogP contribution in [-0.2, 0) is 4.79 Å². The Labute approximate surface area is 204 Å². The number of halogens is 1. The van der Waals surface area contributed by atoms with Crippen LogP contribution in [0.3, 0.4) is 0 Å². The highest BCUT2D eigenvalue weighted by Gasteiger charge is 2.19. The molecule has 0 bridgehead atoms. The summed E-state index contributed by atoms with van der Waals surface area (Å²) in [6.45, 7) is -0.197. The maximum Gasteiger partial charge on any atom is 0.355 e. The van der Waals surface area contributed by atoms with Crippen molar-refractivity contribution in [2.45, 2.75) is 0 Å². The molecule has 4 aromatic rings. The Morgan fingerprint density at radius 2 is 1.76 bits per heavy atom. The molecule has 3 aromatic carbocycles. The Bertz CT molecular complexity index is 1350. The van der Waals surface area contributed by atoms with E-state index >= 15 is 0 Å². The number of hydrogen-bond acceptors (Lipinski definition) is 7. The third kappa shape index (κ3) is 5.72. The van der Waals surface area contributed by atoms with Gasteiger partial charge in [-0.15, -0.1) is 11.3 Å². The molecule has 1 aromatic heterocycles. The maximum atomic E-state index is 12.6. The van der Waals surface area contributed by atoms with Gasteiger partial charge in [0.2, 0.25) is 0 Å². The monoisotopic (exact) mass is 494 g/mol. The minimum Gasteiger partial charge on any atom is -0.497 e. The second-order valence-electron chi connectivity index (χ2n) is 6.96. The lowest BCUT2D eigenvalue weighted by Crippen LogP contribution is -2.24. The molecule has 0 spiro atoms. The molecule has 0 aliphatic rings. The van der Waals surface area contributed by atoms with Gasteiger partial charge in [0.05, 0.1) is 18.3 Å². The third-order valence-corrected chi connectivity index (χ3v) is 6.28. The van der Waals surface area contributed by atoms with Gasteiger partial charge in [-0.25, -0.2) is 10.2 Å². The van der Waals surface area contributed by atoms with E-state index < -0.39 is 11.9 Å². The normalized spacial score (nSPS) is 10.9. The van der Waals surface area contributed by atoms with E-state index in [1.54, 1.807) is 55.6 Å². The molecule has 0 aliphatic heterocycles. The predicted molar refractivity (Wildman–Crippen MR) is 132 cm³/mol. The van der Waals surface area contributed by atoms with Gasteiger partial charge in [-0.2, -0.15) is 5.10 Å². The average molecular weight is 495 g/mol. The molecule has 0 saturated carbocycles. The lowest BCUT2D eigenvalue weighted by Gasteiger charge is -2.06. The van der Waals surface area contributed by atoms with Crippen LogP contribution in [-0.4, -0.2) is 31.8 Å². The molecule has 34 heavy (non-hydrogen) atoms. The van der Waals surface area contributed by atoms with Crippen molar-refractivity contribution in [2.24, 2.45) is 5.10 Å². The highest BCUT2D eigenvalue weighted by molar-refractivity contribution is 7.21. The smallest absolute Gasteiger partial charge is 0.355 e. The second kappa shape index (κ2) is 10.8. The number of rotatable bonds is 8. The molecule has 0 unspecified atom stereocenters. The number of nitrogens with one attached hydrogen (secondary N) is 1. The van der Waals surface area contributed by atoms with Crippen molar-refractivity contribution in [3.05, 3.63) is 88.3 Å². The van der Waals surface area contributed by atoms with Crippen LogP contribution in [0.1, 0.15) is 15.2 Å². The van der Waals surface area contributed by atoms with E-state index in [-0.39, 0.29) is 6.61 Å². The lowest BCUT2D eigenvalue weighted by molar-refractivity contribution is -0.123. The standard InChI is InChI=1S/C25H19ClN2O5S/c1-31-17-9-11-18(12-10-17)32-15-22(29)28-27-14-16-5-4-6-19(13-16)33-25(30)24-23(26)20-7-2-3-8-21(20)34-24/h2-14H,15H2,1H3,(H,28,29)/b27-14-. The summed E-state index contributed by atoms with van der Waals surface area (Å²) in [6.07, 6.45) is 1.44. The van der Waals surface area contributed by atoms with Crippen molar-refractivity contribution in [1.82, 2.24) is 5.43 Å². The van der Waals surface area contributed by atoms with E-state index in [4.69, 9.17) is 25.8 Å². The molecule has 1 heterocycles. The van der Waals surface area contributed by atoms with Gasteiger partial charge in [0.1, 0.15) is 22.1 Å². The van der Waals surface area contributed by atoms with Gasteiger partial charge in [0, 0.05) is 10.1 Å². The molecule has 1 amide bonds. The van der Waals surface area contributed by atoms with Crippen LogP contribution in [0.5, 0.6) is 17.2 Å². The number of nitrogens with zero attached hydrogens (tertiary/aromatic N) is 1. The minimum atomic E-state index is -0.538. The summed E-state index contributed by atoms with van der Waals surface area (Å²) in [7, 11) is 1.57. The molecule has 0 saturated heterocycles. The number of hydrogen-bond donors (Lipinski definition) is 1. The van der Waals surface area contributed by atoms with E-state index in [1.807, 2.05) is 24.3 Å². The van der Waals surface area contributed by atoms with Crippen molar-refractivity contribution in [2.75, 3.05) is 13.7 Å². The van der Waals surface area contributed by atoms with Crippen molar-refractivity contribution in [1.29, 1.82) is 0 Å². The Balaban J connectivity index is 1.32. The van der Waals surface area contributed by atoms with Gasteiger partial charge in [-0.05, 0) is 48.0 Å². The van der Waals surface area contributed by atoms with Gasteiger partial charge < -0.3 is 14.2 Å². The second-order valence-corrected chi connectivity index (χ2v) is 8.39. The van der Waals surface area contributed by atoms with Gasteiger partial charge in [-0.3, -0.25) is 4.79 Å². The number of fused-ring (bicyclic) bond motifs is 1. The van der Waals surface area contributed by atoms with Crippen molar-refractivity contribution in [3.8, 4) is 17.2 Å². The summed E-state index contributed by atoms with van der Waals surface area (Å²) >= 11 is 7.64. The Morgan fingerprint density at radius 1 is 1.00 bits per heavy atom. The van der Waals surface area contributed by atoms with Gasteiger partial charge in [0.15, 0.2) is 6.61 Å². The zero-order valence-corrected chi connectivity index (χ0v) is 19.6. The number of esters is 1. The number of benzene rings is 3. The first-order valence-corrected chi connectivity index (χ1v) is 11.3. The number of amides is 1. The maximum absolute atomic E-state index is 12.6. The summed E-state index contributed by atoms with van der Waals surface area (Å²) in [5.74, 6) is 0.601. The molecule has 0 radical (unpaired) electrons. The van der Waals surface area contributed by atoms with Gasteiger partial charge in [-0.1, -0.05) is 41.9 Å². The molecule has 0 fully saturated rings. The van der Waals surface area contributed by atoms with Gasteiger partial charge >= 0.3 is 5.97 Å². The summed E-state index contributed by atoms with van der Waals surface area (Å²) in [5, 5.41) is 5.11. The Kier molecular flexibility index (Phi) is 7.41. The quantitative estimate of drug-likeness (QED) is 0.155. The molecular weight excluding hydrogens is 476 g/mol. The fourth-order valence-corrected chi connectivity index (χ4v) is 4.37. The summed E-state index contributed by atoms with van der Waals surface area (Å²) in [4.78, 5) is 24.9. The summed E-state index contributed by atoms with van der Waals surface area (Å²) in [6, 6.07) is 21.1. The topological polar surface area (TPSA) is 86.2 Å². The van der Waals surface area contributed by atoms with Crippen molar-refractivity contribution in [3.63, 3.8) is 0 Å². The van der Waals surface area contributed by atoms with E-state index in [0.717, 1.165) is 10.1 Å². The fourth-order valence-electron chi connectivity index (χ4n) is 2.99. The molecule has 7 nitrogen and oxygen atoms in total. The number of ether oxygens (including phenoxy) is 3. The summed E-state index contributed by atoms with van der Waals surface area (Å²) in [5.41, 5.74) is 3.02. The Morgan fingerprint density at radius 3 is 2.53 bits per heavy atom. The van der Waals surface area contributed by atoms with E-state index in [1.165, 1.54) is 17.6 Å². The van der Waals surface area contributed by atoms with Crippen LogP contribution in [0.25, 0.3) is 10.1 Å². The van der Waals surface area contributed by atoms with Crippen molar-refractivity contribution < 1.29 is 23.8 Å². The number of methoxy groups -OCH3 is 1. The fraction of sp³-hybridized carbons (Fsp3) is 0.0800. The third-order valence-electron chi connectivity index (χ3n) is 4.62. The number of carbonyl (C=O) groups is 2.